The monoisotopic (exact) mass is 382 g/mol. The molecule has 2 aliphatic rings. The number of benzene rings is 1. The number of rotatable bonds is 5. The third-order valence-corrected chi connectivity index (χ3v) is 5.44. The van der Waals surface area contributed by atoms with Crippen molar-refractivity contribution < 1.29 is 22.6 Å². The molecule has 2 aromatic rings. The second-order valence-electron chi connectivity index (χ2n) is 7.50. The van der Waals surface area contributed by atoms with Crippen LogP contribution in [0.25, 0.3) is 10.9 Å². The Balaban J connectivity index is 1.38. The lowest BCUT2D eigenvalue weighted by molar-refractivity contribution is -0.139. The fourth-order valence-corrected chi connectivity index (χ4v) is 4.09. The fourth-order valence-electron chi connectivity index (χ4n) is 4.09. The minimum absolute atomic E-state index is 0.0994. The van der Waals surface area contributed by atoms with Gasteiger partial charge in [-0.15, -0.1) is 0 Å². The topological polar surface area (TPSA) is 26.6 Å². The highest BCUT2D eigenvalue weighted by Gasteiger charge is 2.29. The number of nitrogens with zero attached hydrogens (tertiary/aromatic N) is 2. The Morgan fingerprint density at radius 1 is 1.11 bits per heavy atom. The van der Waals surface area contributed by atoms with Crippen LogP contribution in [0.5, 0.6) is 5.75 Å². The van der Waals surface area contributed by atoms with Gasteiger partial charge >= 0.3 is 6.18 Å². The van der Waals surface area contributed by atoms with Crippen molar-refractivity contribution in [2.24, 2.45) is 0 Å². The van der Waals surface area contributed by atoms with Crippen molar-refractivity contribution in [3.05, 3.63) is 30.5 Å². The zero-order valence-electron chi connectivity index (χ0n) is 15.3. The van der Waals surface area contributed by atoms with Gasteiger partial charge in [-0.05, 0) is 43.9 Å². The van der Waals surface area contributed by atoms with Crippen molar-refractivity contribution >= 4 is 10.9 Å². The lowest BCUT2D eigenvalue weighted by Crippen LogP contribution is -2.41. The molecule has 0 amide bonds. The highest BCUT2D eigenvalue weighted by Crippen LogP contribution is 2.31. The maximum atomic E-state index is 12.7. The van der Waals surface area contributed by atoms with Gasteiger partial charge < -0.3 is 18.9 Å². The van der Waals surface area contributed by atoms with Gasteiger partial charge in [0.25, 0.3) is 0 Å². The van der Waals surface area contributed by atoms with Crippen molar-refractivity contribution in [1.29, 1.82) is 0 Å². The van der Waals surface area contributed by atoms with Crippen molar-refractivity contribution in [2.45, 2.75) is 50.6 Å². The van der Waals surface area contributed by atoms with E-state index in [9.17, 15) is 13.2 Å². The van der Waals surface area contributed by atoms with Crippen LogP contribution in [-0.4, -0.2) is 54.1 Å². The summed E-state index contributed by atoms with van der Waals surface area (Å²) in [6.07, 6.45) is 1.86. The molecule has 0 saturated carbocycles. The van der Waals surface area contributed by atoms with Gasteiger partial charge in [-0.1, -0.05) is 6.07 Å². The van der Waals surface area contributed by atoms with Crippen molar-refractivity contribution in [1.82, 2.24) is 9.47 Å². The van der Waals surface area contributed by atoms with E-state index < -0.39 is 12.7 Å². The van der Waals surface area contributed by atoms with Crippen LogP contribution in [0.1, 0.15) is 25.7 Å². The summed E-state index contributed by atoms with van der Waals surface area (Å²) in [7, 11) is 0. The summed E-state index contributed by atoms with van der Waals surface area (Å²) in [6.45, 7) is 2.82. The van der Waals surface area contributed by atoms with Gasteiger partial charge in [-0.2, -0.15) is 13.2 Å². The summed E-state index contributed by atoms with van der Waals surface area (Å²) in [5.41, 5.74) is 0.556. The number of piperidine rings is 1. The van der Waals surface area contributed by atoms with Crippen LogP contribution >= 0.6 is 0 Å². The largest absolute Gasteiger partial charge is 0.490 e. The van der Waals surface area contributed by atoms with Crippen LogP contribution in [0.3, 0.4) is 0 Å². The molecule has 4 nitrogen and oxygen atoms in total. The third kappa shape index (κ3) is 4.58. The molecule has 2 aliphatic heterocycles. The van der Waals surface area contributed by atoms with E-state index in [2.05, 4.69) is 4.90 Å². The summed E-state index contributed by atoms with van der Waals surface area (Å²) in [6, 6.07) is 7.03. The zero-order valence-corrected chi connectivity index (χ0v) is 15.3. The highest BCUT2D eigenvalue weighted by atomic mass is 19.4. The van der Waals surface area contributed by atoms with Crippen LogP contribution in [0.15, 0.2) is 30.5 Å². The molecule has 0 radical (unpaired) electrons. The van der Waals surface area contributed by atoms with E-state index in [4.69, 9.17) is 9.47 Å². The van der Waals surface area contributed by atoms with Gasteiger partial charge in [0.15, 0.2) is 0 Å². The van der Waals surface area contributed by atoms with Gasteiger partial charge in [0.2, 0.25) is 0 Å². The normalized spacial score (nSPS) is 22.6. The van der Waals surface area contributed by atoms with E-state index in [1.165, 1.54) is 10.8 Å². The first kappa shape index (κ1) is 18.6. The molecule has 1 aromatic carbocycles. The van der Waals surface area contributed by atoms with E-state index in [0.717, 1.165) is 57.3 Å². The molecule has 0 spiro atoms. The van der Waals surface area contributed by atoms with Crippen LogP contribution in [-0.2, 0) is 11.3 Å². The molecule has 0 N–H and O–H groups in total. The van der Waals surface area contributed by atoms with E-state index in [0.29, 0.717) is 17.4 Å². The van der Waals surface area contributed by atoms with E-state index in [-0.39, 0.29) is 6.10 Å². The predicted octanol–water partition coefficient (Wildman–Crippen LogP) is 4.23. The molecule has 2 fully saturated rings. The number of likely N-dealkylation sites (tertiary alicyclic amines) is 1. The number of hydrogen-bond donors (Lipinski definition) is 0. The van der Waals surface area contributed by atoms with Gasteiger partial charge in [0.05, 0.1) is 11.6 Å². The van der Waals surface area contributed by atoms with Gasteiger partial charge in [0.1, 0.15) is 18.4 Å². The van der Waals surface area contributed by atoms with Crippen LogP contribution in [0.2, 0.25) is 0 Å². The van der Waals surface area contributed by atoms with Crippen LogP contribution < -0.4 is 4.74 Å². The maximum absolute atomic E-state index is 12.7. The number of aromatic nitrogens is 1. The molecule has 2 saturated heterocycles. The molecule has 0 aliphatic carbocycles. The highest BCUT2D eigenvalue weighted by molar-refractivity contribution is 5.86. The molecule has 27 heavy (non-hydrogen) atoms. The second kappa shape index (κ2) is 7.72. The summed E-state index contributed by atoms with van der Waals surface area (Å²) in [5, 5.41) is 0.739. The van der Waals surface area contributed by atoms with Crippen LogP contribution in [0, 0.1) is 0 Å². The van der Waals surface area contributed by atoms with E-state index in [1.54, 1.807) is 18.2 Å². The molecule has 4 rings (SSSR count). The quantitative estimate of drug-likeness (QED) is 0.774. The molecule has 1 atom stereocenters. The van der Waals surface area contributed by atoms with E-state index in [1.807, 2.05) is 6.07 Å². The van der Waals surface area contributed by atoms with Gasteiger partial charge in [-0.3, -0.25) is 0 Å². The molecule has 148 valence electrons. The molecule has 1 unspecified atom stereocenters. The number of ether oxygens (including phenoxy) is 2. The number of alkyl halides is 3. The standard InChI is InChI=1S/C20H25F3N2O2/c21-20(22,23)14-25-11-8-17-18(25)4-1-5-19(17)27-15-6-9-24(10-7-15)13-16-3-2-12-26-16/h1,4-5,8,11,15-16H,2-3,6-7,9-10,12-14H2. The maximum Gasteiger partial charge on any atom is 0.406 e. The Morgan fingerprint density at radius 2 is 1.93 bits per heavy atom. The van der Waals surface area contributed by atoms with Crippen LogP contribution in [0.4, 0.5) is 13.2 Å². The Kier molecular flexibility index (Phi) is 5.32. The lowest BCUT2D eigenvalue weighted by atomic mass is 10.1. The summed E-state index contributed by atoms with van der Waals surface area (Å²) in [4.78, 5) is 2.43. The Bertz CT molecular complexity index is 760. The number of fused-ring (bicyclic) bond motifs is 1. The first-order valence-electron chi connectivity index (χ1n) is 9.63. The van der Waals surface area contributed by atoms with E-state index >= 15 is 0 Å². The Morgan fingerprint density at radius 3 is 2.63 bits per heavy atom. The predicted molar refractivity (Wildman–Crippen MR) is 97.1 cm³/mol. The van der Waals surface area contributed by atoms with Gasteiger partial charge in [0, 0.05) is 37.8 Å². The third-order valence-electron chi connectivity index (χ3n) is 5.44. The van der Waals surface area contributed by atoms with Crippen molar-refractivity contribution in [3.63, 3.8) is 0 Å². The minimum atomic E-state index is -4.24. The molecular weight excluding hydrogens is 357 g/mol. The first-order chi connectivity index (χ1) is 13.0. The second-order valence-corrected chi connectivity index (χ2v) is 7.50. The first-order valence-corrected chi connectivity index (χ1v) is 9.63. The Labute approximate surface area is 156 Å². The smallest absolute Gasteiger partial charge is 0.406 e. The minimum Gasteiger partial charge on any atom is -0.490 e. The molecule has 1 aromatic heterocycles. The average Bonchev–Trinajstić information content (AvgIpc) is 3.26. The molecule has 0 bridgehead atoms. The molecule has 3 heterocycles. The lowest BCUT2D eigenvalue weighted by Gasteiger charge is -2.33. The fraction of sp³-hybridized carbons (Fsp3) is 0.600. The van der Waals surface area contributed by atoms with Crippen molar-refractivity contribution in [2.75, 3.05) is 26.2 Å². The Hall–Kier alpha value is -1.73. The SMILES string of the molecule is FC(F)(F)Cn1ccc2c(OC3CCN(CC4CCCO4)CC3)cccc21. The molecular formula is C20H25F3N2O2. The summed E-state index contributed by atoms with van der Waals surface area (Å²) < 4.78 is 51.3. The zero-order chi connectivity index (χ0) is 18.9. The average molecular weight is 382 g/mol. The molecule has 7 heteroatoms. The number of hydrogen-bond acceptors (Lipinski definition) is 3. The van der Waals surface area contributed by atoms with Gasteiger partial charge in [-0.25, -0.2) is 0 Å². The summed E-state index contributed by atoms with van der Waals surface area (Å²) in [5.74, 6) is 0.672. The summed E-state index contributed by atoms with van der Waals surface area (Å²) >= 11 is 0. The number of halogens is 3. The van der Waals surface area contributed by atoms with Crippen molar-refractivity contribution in [3.8, 4) is 5.75 Å².